The van der Waals surface area contributed by atoms with E-state index in [9.17, 15) is 19.5 Å². The summed E-state index contributed by atoms with van der Waals surface area (Å²) in [5.41, 5.74) is 4.01. The second-order valence-electron chi connectivity index (χ2n) is 6.95. The zero-order chi connectivity index (χ0) is 19.5. The molecule has 0 spiro atoms. The summed E-state index contributed by atoms with van der Waals surface area (Å²) >= 11 is 0. The number of carbonyl (C=O) groups is 3. The minimum absolute atomic E-state index is 0.218. The number of rotatable bonds is 7. The largest absolute Gasteiger partial charge is 0.479 e. The number of benzene rings is 1. The Morgan fingerprint density at radius 2 is 1.88 bits per heavy atom. The Balaban J connectivity index is 2.12. The van der Waals surface area contributed by atoms with Gasteiger partial charge in [0.25, 0.3) is 5.91 Å². The maximum atomic E-state index is 12.6. The van der Waals surface area contributed by atoms with Crippen molar-refractivity contribution in [1.82, 2.24) is 10.6 Å². The van der Waals surface area contributed by atoms with Crippen LogP contribution in [0.25, 0.3) is 0 Å². The summed E-state index contributed by atoms with van der Waals surface area (Å²) in [6.45, 7) is 6.15. The molecule has 0 heterocycles. The first-order valence-corrected chi connectivity index (χ1v) is 8.44. The van der Waals surface area contributed by atoms with Crippen LogP contribution in [0.15, 0.2) is 24.3 Å². The molecule has 1 aromatic rings. The first kappa shape index (κ1) is 19.7. The highest BCUT2D eigenvalue weighted by atomic mass is 16.5. The van der Waals surface area contributed by atoms with Crippen LogP contribution in [0.4, 0.5) is 4.79 Å². The second kappa shape index (κ2) is 7.33. The third-order valence-electron chi connectivity index (χ3n) is 5.14. The van der Waals surface area contributed by atoms with E-state index in [1.165, 1.54) is 0 Å². The van der Waals surface area contributed by atoms with Gasteiger partial charge in [-0.15, -0.1) is 0 Å². The van der Waals surface area contributed by atoms with Gasteiger partial charge in [-0.1, -0.05) is 26.0 Å². The van der Waals surface area contributed by atoms with Gasteiger partial charge in [0.1, 0.15) is 5.54 Å². The molecule has 5 N–H and O–H groups in total. The van der Waals surface area contributed by atoms with Crippen LogP contribution in [-0.2, 0) is 16.1 Å². The lowest BCUT2D eigenvalue weighted by Gasteiger charge is -2.58. The van der Waals surface area contributed by atoms with Crippen LogP contribution in [-0.4, -0.2) is 41.3 Å². The monoisotopic (exact) mass is 363 g/mol. The molecule has 26 heavy (non-hydrogen) atoms. The molecule has 0 aromatic heterocycles. The molecule has 1 saturated carbocycles. The van der Waals surface area contributed by atoms with Crippen molar-refractivity contribution in [3.05, 3.63) is 35.4 Å². The minimum Gasteiger partial charge on any atom is -0.479 e. The molecule has 0 radical (unpaired) electrons. The van der Waals surface area contributed by atoms with Gasteiger partial charge in [-0.2, -0.15) is 0 Å². The predicted octanol–water partition coefficient (Wildman–Crippen LogP) is 1.24. The number of hydrogen-bond acceptors (Lipinski definition) is 4. The van der Waals surface area contributed by atoms with Gasteiger partial charge in [-0.25, -0.2) is 9.59 Å². The van der Waals surface area contributed by atoms with E-state index in [1.807, 2.05) is 6.92 Å². The quantitative estimate of drug-likeness (QED) is 0.579. The van der Waals surface area contributed by atoms with Gasteiger partial charge in [0.2, 0.25) is 0 Å². The third kappa shape index (κ3) is 3.50. The van der Waals surface area contributed by atoms with Crippen molar-refractivity contribution in [3.63, 3.8) is 0 Å². The smallest absolute Gasteiger partial charge is 0.330 e. The maximum absolute atomic E-state index is 12.6. The van der Waals surface area contributed by atoms with E-state index in [4.69, 9.17) is 10.5 Å². The predicted molar refractivity (Wildman–Crippen MR) is 94.5 cm³/mol. The van der Waals surface area contributed by atoms with Crippen LogP contribution in [0, 0.1) is 5.41 Å². The molecule has 142 valence electrons. The summed E-state index contributed by atoms with van der Waals surface area (Å²) in [6, 6.07) is 5.87. The van der Waals surface area contributed by atoms with Crippen molar-refractivity contribution in [2.24, 2.45) is 11.1 Å². The highest BCUT2D eigenvalue weighted by Crippen LogP contribution is 2.51. The number of carboxylic acid groups (broad SMARTS) is 1. The molecular weight excluding hydrogens is 338 g/mol. The summed E-state index contributed by atoms with van der Waals surface area (Å²) in [7, 11) is 0. The number of carboxylic acids is 1. The normalized spacial score (nSPS) is 23.6. The van der Waals surface area contributed by atoms with Gasteiger partial charge in [0.05, 0.1) is 6.10 Å². The molecule has 3 amide bonds. The van der Waals surface area contributed by atoms with E-state index in [0.29, 0.717) is 12.2 Å². The Hall–Kier alpha value is -2.61. The van der Waals surface area contributed by atoms with Gasteiger partial charge in [-0.3, -0.25) is 4.79 Å². The molecule has 1 fully saturated rings. The zero-order valence-electron chi connectivity index (χ0n) is 15.2. The minimum atomic E-state index is -1.38. The average Bonchev–Trinajstić information content (AvgIpc) is 2.58. The summed E-state index contributed by atoms with van der Waals surface area (Å²) < 4.78 is 5.59. The molecule has 2 unspecified atom stereocenters. The van der Waals surface area contributed by atoms with Crippen molar-refractivity contribution in [1.29, 1.82) is 0 Å². The number of ether oxygens (including phenoxy) is 1. The third-order valence-corrected chi connectivity index (χ3v) is 5.14. The van der Waals surface area contributed by atoms with Crippen molar-refractivity contribution in [2.45, 2.75) is 45.4 Å². The van der Waals surface area contributed by atoms with E-state index >= 15 is 0 Å². The number of nitrogens with one attached hydrogen (secondary N) is 2. The van der Waals surface area contributed by atoms with E-state index in [0.717, 1.165) is 5.56 Å². The first-order chi connectivity index (χ1) is 12.1. The fourth-order valence-corrected chi connectivity index (χ4v) is 3.27. The highest BCUT2D eigenvalue weighted by Gasteiger charge is 2.66. The first-order valence-electron chi connectivity index (χ1n) is 8.44. The summed E-state index contributed by atoms with van der Waals surface area (Å²) in [6.07, 6.45) is -0.0126. The number of carbonyl (C=O) groups excluding carboxylic acids is 2. The van der Waals surface area contributed by atoms with Gasteiger partial charge in [-0.05, 0) is 24.6 Å². The summed E-state index contributed by atoms with van der Waals surface area (Å²) in [5, 5.41) is 14.9. The standard InChI is InChI=1S/C18H25N3O5/c1-4-26-13-9-18(15(23)24,17(13,2)3)21-14(22)12-7-5-11(6-8-12)10-20-16(19)25/h5-8,13H,4,9-10H2,1-3H3,(H,21,22)(H,23,24)(H3,19,20,25). The molecule has 0 saturated heterocycles. The topological polar surface area (TPSA) is 131 Å². The van der Waals surface area contributed by atoms with Gasteiger partial charge in [0.15, 0.2) is 0 Å². The van der Waals surface area contributed by atoms with Crippen LogP contribution in [0.1, 0.15) is 43.1 Å². The Morgan fingerprint density at radius 1 is 1.27 bits per heavy atom. The van der Waals surface area contributed by atoms with Crippen LogP contribution in [0.3, 0.4) is 0 Å². The Kier molecular flexibility index (Phi) is 5.56. The zero-order valence-corrected chi connectivity index (χ0v) is 15.2. The number of nitrogens with two attached hydrogens (primary N) is 1. The van der Waals surface area contributed by atoms with Crippen molar-refractivity contribution in [2.75, 3.05) is 6.61 Å². The fraction of sp³-hybridized carbons (Fsp3) is 0.500. The second-order valence-corrected chi connectivity index (χ2v) is 6.95. The number of primary amides is 1. The average molecular weight is 363 g/mol. The van der Waals surface area contributed by atoms with E-state index in [-0.39, 0.29) is 19.1 Å². The molecule has 1 aliphatic carbocycles. The van der Waals surface area contributed by atoms with E-state index in [2.05, 4.69) is 10.6 Å². The van der Waals surface area contributed by atoms with Crippen LogP contribution in [0.5, 0.6) is 0 Å². The molecule has 0 aliphatic heterocycles. The Labute approximate surface area is 152 Å². The lowest BCUT2D eigenvalue weighted by Crippen LogP contribution is -2.76. The van der Waals surface area contributed by atoms with Crippen molar-refractivity contribution in [3.8, 4) is 0 Å². The Bertz CT molecular complexity index is 701. The molecular formula is C18H25N3O5. The lowest BCUT2D eigenvalue weighted by molar-refractivity contribution is -0.190. The maximum Gasteiger partial charge on any atom is 0.330 e. The molecule has 8 heteroatoms. The fourth-order valence-electron chi connectivity index (χ4n) is 3.27. The van der Waals surface area contributed by atoms with Crippen LogP contribution < -0.4 is 16.4 Å². The lowest BCUT2D eigenvalue weighted by atomic mass is 9.54. The van der Waals surface area contributed by atoms with Crippen molar-refractivity contribution < 1.29 is 24.2 Å². The van der Waals surface area contributed by atoms with Crippen LogP contribution >= 0.6 is 0 Å². The molecule has 0 bridgehead atoms. The summed E-state index contributed by atoms with van der Waals surface area (Å²) in [4.78, 5) is 35.2. The summed E-state index contributed by atoms with van der Waals surface area (Å²) in [5.74, 6) is -1.54. The van der Waals surface area contributed by atoms with Crippen molar-refractivity contribution >= 4 is 17.9 Å². The van der Waals surface area contributed by atoms with Gasteiger partial charge >= 0.3 is 12.0 Å². The SMILES string of the molecule is CCOC1CC(NC(=O)c2ccc(CNC(N)=O)cc2)(C(=O)O)C1(C)C. The molecule has 8 nitrogen and oxygen atoms in total. The number of aliphatic carboxylic acids is 1. The molecule has 2 rings (SSSR count). The number of hydrogen-bond donors (Lipinski definition) is 4. The van der Waals surface area contributed by atoms with Crippen LogP contribution in [0.2, 0.25) is 0 Å². The molecule has 1 aliphatic rings. The Morgan fingerprint density at radius 3 is 2.35 bits per heavy atom. The highest BCUT2D eigenvalue weighted by molar-refractivity contribution is 5.98. The van der Waals surface area contributed by atoms with E-state index < -0.39 is 28.9 Å². The molecule has 1 aromatic carbocycles. The van der Waals surface area contributed by atoms with Gasteiger partial charge < -0.3 is 26.2 Å². The van der Waals surface area contributed by atoms with Gasteiger partial charge in [0, 0.05) is 30.6 Å². The molecule has 2 atom stereocenters. The number of urea groups is 1. The number of amides is 3. The van der Waals surface area contributed by atoms with E-state index in [1.54, 1.807) is 38.1 Å².